The molecule has 1 saturated carbocycles. The van der Waals surface area contributed by atoms with Crippen LogP contribution in [0.1, 0.15) is 48.5 Å². The van der Waals surface area contributed by atoms with Crippen molar-refractivity contribution in [1.82, 2.24) is 4.90 Å². The van der Waals surface area contributed by atoms with Crippen LogP contribution >= 0.6 is 11.6 Å². The minimum Gasteiger partial charge on any atom is -0.478 e. The van der Waals surface area contributed by atoms with Crippen molar-refractivity contribution in [2.75, 3.05) is 13.1 Å². The van der Waals surface area contributed by atoms with Gasteiger partial charge >= 0.3 is 5.97 Å². The van der Waals surface area contributed by atoms with Crippen molar-refractivity contribution in [2.45, 2.75) is 57.3 Å². The summed E-state index contributed by atoms with van der Waals surface area (Å²) in [6.07, 6.45) is 3.21. The SMILES string of the molecule is Cc1c(C(=O)O)cc(Cl)c2c1O[C@](C)(C1CCC(N3CC(F)(F)C3)CC1)O2. The molecule has 2 fully saturated rings. The first-order valence-electron chi connectivity index (χ1n) is 9.16. The van der Waals surface area contributed by atoms with Gasteiger partial charge < -0.3 is 14.6 Å². The predicted molar refractivity (Wildman–Crippen MR) is 95.1 cm³/mol. The average Bonchev–Trinajstić information content (AvgIpc) is 2.96. The van der Waals surface area contributed by atoms with Crippen molar-refractivity contribution < 1.29 is 28.2 Å². The molecule has 1 N–H and O–H groups in total. The van der Waals surface area contributed by atoms with Gasteiger partial charge in [0.05, 0.1) is 23.7 Å². The van der Waals surface area contributed by atoms with Gasteiger partial charge in [-0.1, -0.05) is 11.6 Å². The third-order valence-corrected chi connectivity index (χ3v) is 6.38. The van der Waals surface area contributed by atoms with E-state index in [2.05, 4.69) is 0 Å². The molecule has 0 bridgehead atoms. The summed E-state index contributed by atoms with van der Waals surface area (Å²) in [6, 6.07) is 1.56. The fraction of sp³-hybridized carbons (Fsp3) is 0.632. The first-order valence-corrected chi connectivity index (χ1v) is 9.54. The molecule has 8 heteroatoms. The lowest BCUT2D eigenvalue weighted by molar-refractivity contribution is -0.162. The van der Waals surface area contributed by atoms with Crippen LogP contribution in [0.15, 0.2) is 6.07 Å². The molecule has 0 unspecified atom stereocenters. The number of fused-ring (bicyclic) bond motifs is 1. The molecule has 148 valence electrons. The molecule has 1 aromatic rings. The lowest BCUT2D eigenvalue weighted by Gasteiger charge is -2.47. The number of carbonyl (C=O) groups is 1. The Hall–Kier alpha value is -1.60. The number of hydrogen-bond donors (Lipinski definition) is 1. The Bertz CT molecular complexity index is 786. The van der Waals surface area contributed by atoms with Crippen molar-refractivity contribution in [3.05, 3.63) is 22.2 Å². The lowest BCUT2D eigenvalue weighted by atomic mass is 9.80. The largest absolute Gasteiger partial charge is 0.478 e. The first-order chi connectivity index (χ1) is 12.6. The molecule has 2 heterocycles. The van der Waals surface area contributed by atoms with Crippen LogP contribution in [0, 0.1) is 12.8 Å². The van der Waals surface area contributed by atoms with Crippen molar-refractivity contribution in [3.8, 4) is 11.5 Å². The highest BCUT2D eigenvalue weighted by molar-refractivity contribution is 6.32. The van der Waals surface area contributed by atoms with Crippen molar-refractivity contribution in [3.63, 3.8) is 0 Å². The molecule has 0 aromatic heterocycles. The molecule has 3 aliphatic rings. The minimum atomic E-state index is -2.54. The Morgan fingerprint density at radius 1 is 1.22 bits per heavy atom. The van der Waals surface area contributed by atoms with Crippen LogP contribution in [0.2, 0.25) is 5.02 Å². The highest BCUT2D eigenvalue weighted by Gasteiger charge is 2.51. The van der Waals surface area contributed by atoms with Crippen LogP contribution in [-0.2, 0) is 0 Å². The number of ether oxygens (including phenoxy) is 2. The van der Waals surface area contributed by atoms with E-state index in [-0.39, 0.29) is 35.6 Å². The monoisotopic (exact) mass is 401 g/mol. The third-order valence-electron chi connectivity index (χ3n) is 6.10. The van der Waals surface area contributed by atoms with Crippen LogP contribution in [0.5, 0.6) is 11.5 Å². The lowest BCUT2D eigenvalue weighted by Crippen LogP contribution is -2.61. The van der Waals surface area contributed by atoms with Gasteiger partial charge in [0.25, 0.3) is 11.7 Å². The summed E-state index contributed by atoms with van der Waals surface area (Å²) in [4.78, 5) is 13.3. The van der Waals surface area contributed by atoms with Gasteiger partial charge in [-0.25, -0.2) is 13.6 Å². The van der Waals surface area contributed by atoms with E-state index in [9.17, 15) is 18.7 Å². The van der Waals surface area contributed by atoms with Crippen LogP contribution in [-0.4, -0.2) is 46.8 Å². The number of carboxylic acids is 1. The quantitative estimate of drug-likeness (QED) is 0.816. The second-order valence-electron chi connectivity index (χ2n) is 7.98. The van der Waals surface area contributed by atoms with E-state index in [4.69, 9.17) is 21.1 Å². The summed E-state index contributed by atoms with van der Waals surface area (Å²) in [5, 5.41) is 9.55. The third kappa shape index (κ3) is 3.14. The zero-order valence-electron chi connectivity index (χ0n) is 15.2. The summed E-state index contributed by atoms with van der Waals surface area (Å²) in [6.45, 7) is 3.22. The number of hydrogen-bond acceptors (Lipinski definition) is 4. The summed E-state index contributed by atoms with van der Waals surface area (Å²) >= 11 is 6.23. The molecule has 1 aliphatic carbocycles. The summed E-state index contributed by atoms with van der Waals surface area (Å²) in [5.74, 6) is -3.71. The molecule has 0 spiro atoms. The molecule has 0 amide bonds. The van der Waals surface area contributed by atoms with E-state index in [0.717, 1.165) is 25.7 Å². The van der Waals surface area contributed by atoms with Crippen LogP contribution in [0.3, 0.4) is 0 Å². The molecule has 1 saturated heterocycles. The van der Waals surface area contributed by atoms with Crippen LogP contribution in [0.25, 0.3) is 0 Å². The number of nitrogens with zero attached hydrogens (tertiary/aromatic N) is 1. The van der Waals surface area contributed by atoms with Gasteiger partial charge in [-0.2, -0.15) is 0 Å². The highest BCUT2D eigenvalue weighted by atomic mass is 35.5. The van der Waals surface area contributed by atoms with Crippen LogP contribution in [0.4, 0.5) is 8.78 Å². The Labute approximate surface area is 161 Å². The molecule has 5 nitrogen and oxygen atoms in total. The zero-order valence-corrected chi connectivity index (χ0v) is 16.0. The number of aromatic carboxylic acids is 1. The van der Waals surface area contributed by atoms with Gasteiger partial charge in [-0.3, -0.25) is 4.90 Å². The number of halogens is 3. The van der Waals surface area contributed by atoms with E-state index < -0.39 is 17.7 Å². The summed E-state index contributed by atoms with van der Waals surface area (Å²) in [5.41, 5.74) is 0.580. The van der Waals surface area contributed by atoms with E-state index >= 15 is 0 Å². The standard InChI is InChI=1S/C19H22ClF2NO4/c1-10-13(17(24)25)7-14(20)16-15(10)26-18(2,27-16)11-3-5-12(6-4-11)23-8-19(21,22)9-23/h7,11-12H,3-6,8-9H2,1-2H3,(H,24,25)/t11?,12?,18-/m0/s1. The Morgan fingerprint density at radius 2 is 1.81 bits per heavy atom. The zero-order chi connectivity index (χ0) is 19.6. The van der Waals surface area contributed by atoms with Crippen LogP contribution < -0.4 is 9.47 Å². The Kier molecular flexibility index (Phi) is 4.31. The smallest absolute Gasteiger partial charge is 0.336 e. The molecular formula is C19H22ClF2NO4. The van der Waals surface area contributed by atoms with Crippen molar-refractivity contribution >= 4 is 17.6 Å². The summed E-state index contributed by atoms with van der Waals surface area (Å²) in [7, 11) is 0. The minimum absolute atomic E-state index is 0.0756. The van der Waals surface area contributed by atoms with Gasteiger partial charge in [-0.05, 0) is 38.7 Å². The number of carboxylic acid groups (broad SMARTS) is 1. The first kappa shape index (κ1) is 18.7. The second kappa shape index (κ2) is 6.21. The molecule has 2 aliphatic heterocycles. The van der Waals surface area contributed by atoms with E-state index in [1.807, 2.05) is 11.8 Å². The molecule has 1 atom stereocenters. The fourth-order valence-electron chi connectivity index (χ4n) is 4.51. The number of benzene rings is 1. The molecular weight excluding hydrogens is 380 g/mol. The van der Waals surface area contributed by atoms with Gasteiger partial charge in [0.1, 0.15) is 0 Å². The maximum atomic E-state index is 13.1. The average molecular weight is 402 g/mol. The Balaban J connectivity index is 1.47. The molecule has 4 rings (SSSR count). The fourth-order valence-corrected chi connectivity index (χ4v) is 4.74. The van der Waals surface area contributed by atoms with Crippen molar-refractivity contribution in [1.29, 1.82) is 0 Å². The molecule has 0 radical (unpaired) electrons. The van der Waals surface area contributed by atoms with E-state index in [1.165, 1.54) is 6.07 Å². The van der Waals surface area contributed by atoms with Crippen molar-refractivity contribution in [2.24, 2.45) is 5.92 Å². The van der Waals surface area contributed by atoms with E-state index in [1.54, 1.807) is 6.92 Å². The predicted octanol–water partition coefficient (Wildman–Crippen LogP) is 4.34. The van der Waals surface area contributed by atoms with Gasteiger partial charge in [0, 0.05) is 24.4 Å². The molecule has 1 aromatic carbocycles. The van der Waals surface area contributed by atoms with Gasteiger partial charge in [0.2, 0.25) is 0 Å². The number of likely N-dealkylation sites (tertiary alicyclic amines) is 1. The second-order valence-corrected chi connectivity index (χ2v) is 8.39. The number of alkyl halides is 2. The van der Waals surface area contributed by atoms with E-state index in [0.29, 0.717) is 17.1 Å². The van der Waals surface area contributed by atoms with Gasteiger partial charge in [0.15, 0.2) is 11.5 Å². The maximum Gasteiger partial charge on any atom is 0.336 e. The number of rotatable bonds is 3. The normalized spacial score (nSPS) is 32.2. The topological polar surface area (TPSA) is 59.0 Å². The van der Waals surface area contributed by atoms with Gasteiger partial charge in [-0.15, -0.1) is 0 Å². The highest BCUT2D eigenvalue weighted by Crippen LogP contribution is 2.52. The Morgan fingerprint density at radius 3 is 2.37 bits per heavy atom. The molecule has 27 heavy (non-hydrogen) atoms. The maximum absolute atomic E-state index is 13.1. The summed E-state index contributed by atoms with van der Waals surface area (Å²) < 4.78 is 38.4.